The third-order valence-corrected chi connectivity index (χ3v) is 73.1. The molecule has 47 heavy (non-hydrogen) atoms. The van der Waals surface area contributed by atoms with Gasteiger partial charge < -0.3 is 0 Å². The Balaban J connectivity index is 1.14. The number of rotatable bonds is 5. The summed E-state index contributed by atoms with van der Waals surface area (Å²) >= 11 is 0. The molecule has 0 aliphatic carbocycles. The van der Waals surface area contributed by atoms with Crippen LogP contribution in [-0.4, -0.2) is 26.4 Å². The number of aromatic nitrogens is 2. The van der Waals surface area contributed by atoms with Crippen molar-refractivity contribution in [1.82, 2.24) is 9.97 Å². The van der Waals surface area contributed by atoms with Crippen molar-refractivity contribution in [2.45, 2.75) is 124 Å². The Bertz CT molecular complexity index is 2570. The number of hydrogen-bond donors (Lipinski definition) is 0. The van der Waals surface area contributed by atoms with Crippen molar-refractivity contribution in [2.75, 3.05) is 6.16 Å². The zero-order valence-corrected chi connectivity index (χ0v) is 32.6. The van der Waals surface area contributed by atoms with Gasteiger partial charge in [-0.1, -0.05) is 0 Å². The second-order valence-corrected chi connectivity index (χ2v) is 50.5. The van der Waals surface area contributed by atoms with E-state index in [2.05, 4.69) is 144 Å². The fraction of sp³-hybridized carbons (Fsp3) is 0.571. The van der Waals surface area contributed by atoms with Crippen LogP contribution in [0.1, 0.15) is 73.7 Å². The third-order valence-electron chi connectivity index (χ3n) is 23.0. The average Bonchev–Trinajstić information content (AvgIpc) is 3.96. The number of para-hydroxylation sites is 2. The number of nitrogens with zero attached hydrogens (tertiary/aromatic N) is 2. The SMILES string of the molecule is CC(C)(C)P(C[C]12[CH]3[C]4(C(C)(C)C)[CH]5[C]1(C(P)(c1ccc6ccccc6n1)c1ccc6ccccc6n1)[Fe]35241678[CH]2[CH]1[CH]6[CH]7[CH]28)C(C)(C)C. The summed E-state index contributed by atoms with van der Waals surface area (Å²) in [4.78, 5) is 19.4. The van der Waals surface area contributed by atoms with E-state index in [1.54, 1.807) is 0 Å². The first-order chi connectivity index (χ1) is 21.8. The molecule has 6 unspecified atom stereocenters. The van der Waals surface area contributed by atoms with Crippen LogP contribution >= 0.6 is 17.2 Å². The van der Waals surface area contributed by atoms with Gasteiger partial charge in [-0.05, 0) is 0 Å². The molecule has 1 spiro atoms. The van der Waals surface area contributed by atoms with E-state index in [1.807, 2.05) is 0 Å². The monoisotopic (exact) mass is 700 g/mol. The van der Waals surface area contributed by atoms with Gasteiger partial charge in [0.05, 0.1) is 0 Å². The predicted octanol–water partition coefficient (Wildman–Crippen LogP) is 12.5. The van der Waals surface area contributed by atoms with E-state index in [1.165, 1.54) is 28.3 Å². The molecule has 4 aromatic rings. The van der Waals surface area contributed by atoms with Crippen molar-refractivity contribution in [3.05, 3.63) is 84.2 Å². The maximum absolute atomic E-state index is 5.75. The van der Waals surface area contributed by atoms with Gasteiger partial charge >= 0.3 is 276 Å². The molecule has 0 amide bonds. The Morgan fingerprint density at radius 3 is 1.49 bits per heavy atom. The van der Waals surface area contributed by atoms with Crippen LogP contribution in [0.4, 0.5) is 0 Å². The molecule has 0 N–H and O–H groups in total. The van der Waals surface area contributed by atoms with Crippen molar-refractivity contribution >= 4 is 39.0 Å². The number of benzene rings is 2. The van der Waals surface area contributed by atoms with Gasteiger partial charge in [-0.15, -0.1) is 0 Å². The van der Waals surface area contributed by atoms with E-state index >= 15 is 0 Å². The van der Waals surface area contributed by atoms with Gasteiger partial charge in [-0.3, -0.25) is 0 Å². The molecule has 10 saturated heterocycles. The molecular weight excluding hydrogens is 650 g/mol. The molecule has 0 bridgehead atoms. The topological polar surface area (TPSA) is 25.8 Å². The quantitative estimate of drug-likeness (QED) is 0.153. The number of pyridine rings is 2. The van der Waals surface area contributed by atoms with Crippen LogP contribution in [0.5, 0.6) is 0 Å². The van der Waals surface area contributed by atoms with Crippen LogP contribution in [0, 0.1) is 5.41 Å². The van der Waals surface area contributed by atoms with Crippen LogP contribution in [0.15, 0.2) is 72.8 Å². The molecule has 0 saturated carbocycles. The minimum absolute atomic E-state index is 0.195. The molecule has 10 aliphatic heterocycles. The molecule has 246 valence electrons. The molecule has 2 aromatic carbocycles. The Hall–Kier alpha value is -1.36. The Labute approximate surface area is 274 Å². The molecule has 10 aliphatic rings. The van der Waals surface area contributed by atoms with E-state index < -0.39 is 6.51 Å². The summed E-state index contributed by atoms with van der Waals surface area (Å²) in [5, 5.41) is 2.96. The fourth-order valence-electron chi connectivity index (χ4n) is 25.8. The number of hydrogen-bond acceptors (Lipinski definition) is 2. The molecule has 6 atom stereocenters. The second-order valence-electron chi connectivity index (χ2n) is 22.8. The van der Waals surface area contributed by atoms with Gasteiger partial charge in [0.2, 0.25) is 0 Å². The minimum atomic E-state index is -4.39. The fourth-order valence-corrected chi connectivity index (χ4v) is 118. The molecule has 14 rings (SSSR count). The summed E-state index contributed by atoms with van der Waals surface area (Å²) in [6, 6.07) is 27.4. The van der Waals surface area contributed by atoms with E-state index in [0.29, 0.717) is 28.7 Å². The van der Waals surface area contributed by atoms with E-state index in [-0.39, 0.29) is 13.1 Å². The van der Waals surface area contributed by atoms with Crippen LogP contribution < -0.4 is 0 Å². The standard InChI is InChI=1S/C37H45N2P2.C5H5.Fe/c1-34(2,3)28-22-27(24-41(35(4,5)6)36(7,8)9)29(23-28)37(40,32-20-18-25-14-10-12-16-30(25)38-32)33-21-19-26-15-11-13-17-31(26)39-33;1-2-4-5-3-1;/h10-23H,24,40H2,1-9H3;1-5H;. The van der Waals surface area contributed by atoms with Gasteiger partial charge in [-0.2, -0.15) is 0 Å². The molecule has 2 aromatic heterocycles. The van der Waals surface area contributed by atoms with Gasteiger partial charge in [0.25, 0.3) is 0 Å². The van der Waals surface area contributed by atoms with E-state index in [9.17, 15) is 0 Å². The molecule has 10 fully saturated rings. The van der Waals surface area contributed by atoms with E-state index in [0.717, 1.165) is 44.7 Å². The van der Waals surface area contributed by atoms with Crippen molar-refractivity contribution in [3.63, 3.8) is 0 Å². The zero-order chi connectivity index (χ0) is 32.5. The van der Waals surface area contributed by atoms with Crippen molar-refractivity contribution < 1.29 is 6.51 Å². The second kappa shape index (κ2) is 4.18. The third kappa shape index (κ3) is 0.765. The maximum atomic E-state index is 5.75. The van der Waals surface area contributed by atoms with Crippen molar-refractivity contribution in [3.8, 4) is 0 Å². The van der Waals surface area contributed by atoms with Crippen molar-refractivity contribution in [2.24, 2.45) is 5.41 Å². The Morgan fingerprint density at radius 1 is 0.638 bits per heavy atom. The van der Waals surface area contributed by atoms with Gasteiger partial charge in [-0.25, -0.2) is 0 Å². The Morgan fingerprint density at radius 2 is 1.09 bits per heavy atom. The first-order valence-corrected chi connectivity index (χ1v) is 26.5. The average molecular weight is 701 g/mol. The number of fused-ring (bicyclic) bond motifs is 12. The van der Waals surface area contributed by atoms with Gasteiger partial charge in [0.1, 0.15) is 0 Å². The first-order valence-electron chi connectivity index (χ1n) is 18.3. The summed E-state index contributed by atoms with van der Waals surface area (Å²) in [5.74, 6) is 0. The normalized spacial score (nSPS) is 55.6. The van der Waals surface area contributed by atoms with Gasteiger partial charge in [0.15, 0.2) is 0 Å². The zero-order valence-electron chi connectivity index (χ0n) is 29.4. The molecular formula is C42H50FeN2P2. The van der Waals surface area contributed by atoms with Crippen LogP contribution in [-0.2, 0) is 11.7 Å². The summed E-state index contributed by atoms with van der Waals surface area (Å²) in [5.41, 5.74) is 5.34. The Kier molecular flexibility index (Phi) is 2.35. The summed E-state index contributed by atoms with van der Waals surface area (Å²) in [6.45, 7) is 19.4. The first kappa shape index (κ1) is 26.4. The van der Waals surface area contributed by atoms with Crippen molar-refractivity contribution in [1.29, 1.82) is 0 Å². The molecule has 0 radical (unpaired) electrons. The van der Waals surface area contributed by atoms with Crippen LogP contribution in [0.25, 0.3) is 21.8 Å². The molecule has 2 nitrogen and oxygen atoms in total. The van der Waals surface area contributed by atoms with Crippen LogP contribution in [0.3, 0.4) is 0 Å². The molecule has 12 heterocycles. The summed E-state index contributed by atoms with van der Waals surface area (Å²) < 4.78 is 1.71. The van der Waals surface area contributed by atoms with Crippen LogP contribution in [0.2, 0.25) is 46.7 Å². The molecule has 5 heteroatoms. The predicted molar refractivity (Wildman–Crippen MR) is 199 cm³/mol. The van der Waals surface area contributed by atoms with Gasteiger partial charge in [0, 0.05) is 0 Å². The summed E-state index contributed by atoms with van der Waals surface area (Å²) in [6.07, 6.45) is 1.54. The van der Waals surface area contributed by atoms with E-state index in [4.69, 9.17) is 9.97 Å². The summed E-state index contributed by atoms with van der Waals surface area (Å²) in [7, 11) is 3.54.